The van der Waals surface area contributed by atoms with Gasteiger partial charge in [0.2, 0.25) is 0 Å². The Labute approximate surface area is 148 Å². The summed E-state index contributed by atoms with van der Waals surface area (Å²) in [6.07, 6.45) is 6.10. The standard InChI is InChI=1S/C20H22N3OP/c1-2-3-10-15-23-16-18(21-22-23)17-25(24,19-11-6-4-7-12-19)20-13-8-5-9-14-20/h2,4-9,11-14,16H,1,3,10,15,17H2. The van der Waals surface area contributed by atoms with E-state index in [4.69, 9.17) is 0 Å². The third-order valence-corrected chi connectivity index (χ3v) is 7.15. The molecule has 0 bridgehead atoms. The van der Waals surface area contributed by atoms with Crippen molar-refractivity contribution >= 4 is 17.8 Å². The van der Waals surface area contributed by atoms with Gasteiger partial charge in [-0.15, -0.1) is 11.7 Å². The van der Waals surface area contributed by atoms with E-state index in [9.17, 15) is 4.57 Å². The molecule has 1 aromatic heterocycles. The second-order valence-corrected chi connectivity index (χ2v) is 8.80. The predicted octanol–water partition coefficient (Wildman–Crippen LogP) is 3.76. The first kappa shape index (κ1) is 17.4. The Bertz CT molecular complexity index is 815. The minimum Gasteiger partial charge on any atom is -0.313 e. The molecule has 0 aliphatic carbocycles. The predicted molar refractivity (Wildman–Crippen MR) is 103 cm³/mol. The molecule has 25 heavy (non-hydrogen) atoms. The van der Waals surface area contributed by atoms with Gasteiger partial charge in [0.15, 0.2) is 0 Å². The van der Waals surface area contributed by atoms with Crippen molar-refractivity contribution in [2.24, 2.45) is 0 Å². The lowest BCUT2D eigenvalue weighted by Crippen LogP contribution is -2.17. The number of nitrogens with zero attached hydrogens (tertiary/aromatic N) is 3. The molecule has 0 aliphatic rings. The summed E-state index contributed by atoms with van der Waals surface area (Å²) in [5.74, 6) is 0. The van der Waals surface area contributed by atoms with E-state index >= 15 is 0 Å². The zero-order chi connectivity index (χ0) is 17.5. The summed E-state index contributed by atoms with van der Waals surface area (Å²) in [5, 5.41) is 10.1. The summed E-state index contributed by atoms with van der Waals surface area (Å²) in [5.41, 5.74) is 0.759. The topological polar surface area (TPSA) is 47.8 Å². The summed E-state index contributed by atoms with van der Waals surface area (Å²) in [7, 11) is -2.80. The molecule has 0 saturated heterocycles. The van der Waals surface area contributed by atoms with E-state index < -0.39 is 7.14 Å². The molecule has 0 fully saturated rings. The van der Waals surface area contributed by atoms with Gasteiger partial charge in [-0.2, -0.15) is 0 Å². The largest absolute Gasteiger partial charge is 0.313 e. The van der Waals surface area contributed by atoms with Gasteiger partial charge in [-0.3, -0.25) is 4.68 Å². The molecule has 0 unspecified atom stereocenters. The second kappa shape index (κ2) is 8.09. The Hall–Kier alpha value is -2.45. The maximum Gasteiger partial charge on any atom is 0.149 e. The lowest BCUT2D eigenvalue weighted by molar-refractivity contribution is 0.563. The molecule has 3 rings (SSSR count). The molecule has 3 aromatic rings. The highest BCUT2D eigenvalue weighted by Gasteiger charge is 2.28. The van der Waals surface area contributed by atoms with Gasteiger partial charge in [-0.05, 0) is 12.8 Å². The van der Waals surface area contributed by atoms with Crippen LogP contribution in [0.2, 0.25) is 0 Å². The van der Waals surface area contributed by atoms with Crippen LogP contribution in [0.15, 0.2) is 79.5 Å². The first-order chi connectivity index (χ1) is 12.2. The van der Waals surface area contributed by atoms with Crippen molar-refractivity contribution in [3.8, 4) is 0 Å². The van der Waals surface area contributed by atoms with Crippen LogP contribution in [0, 0.1) is 0 Å². The maximum atomic E-state index is 14.0. The number of rotatable bonds is 8. The molecule has 0 N–H and O–H groups in total. The molecule has 1 heterocycles. The van der Waals surface area contributed by atoms with E-state index in [-0.39, 0.29) is 0 Å². The smallest absolute Gasteiger partial charge is 0.149 e. The van der Waals surface area contributed by atoms with Gasteiger partial charge in [0.25, 0.3) is 0 Å². The van der Waals surface area contributed by atoms with Gasteiger partial charge in [0.05, 0.1) is 11.9 Å². The van der Waals surface area contributed by atoms with Crippen LogP contribution in [0.3, 0.4) is 0 Å². The number of hydrogen-bond acceptors (Lipinski definition) is 3. The average molecular weight is 351 g/mol. The van der Waals surface area contributed by atoms with Gasteiger partial charge in [0, 0.05) is 23.4 Å². The number of aryl methyl sites for hydroxylation is 1. The van der Waals surface area contributed by atoms with Crippen molar-refractivity contribution in [3.63, 3.8) is 0 Å². The Balaban J connectivity index is 1.89. The van der Waals surface area contributed by atoms with E-state index in [1.807, 2.05) is 77.6 Å². The fraction of sp³-hybridized carbons (Fsp3) is 0.200. The first-order valence-corrected chi connectivity index (χ1v) is 10.3. The first-order valence-electron chi connectivity index (χ1n) is 8.42. The van der Waals surface area contributed by atoms with Crippen LogP contribution in [-0.4, -0.2) is 15.0 Å². The molecule has 5 heteroatoms. The number of unbranched alkanes of at least 4 members (excludes halogenated alkanes) is 1. The van der Waals surface area contributed by atoms with E-state index in [0.717, 1.165) is 35.7 Å². The Morgan fingerprint density at radius 3 is 2.16 bits per heavy atom. The fourth-order valence-electron chi connectivity index (χ4n) is 2.82. The highest BCUT2D eigenvalue weighted by atomic mass is 31.2. The summed E-state index contributed by atoms with van der Waals surface area (Å²) < 4.78 is 15.8. The molecule has 2 aromatic carbocycles. The van der Waals surface area contributed by atoms with Gasteiger partial charge in [-0.25, -0.2) is 0 Å². The van der Waals surface area contributed by atoms with Crippen LogP contribution in [-0.2, 0) is 17.3 Å². The van der Waals surface area contributed by atoms with Crippen LogP contribution in [0.25, 0.3) is 0 Å². The number of aromatic nitrogens is 3. The van der Waals surface area contributed by atoms with Gasteiger partial charge >= 0.3 is 0 Å². The molecule has 0 aliphatic heterocycles. The van der Waals surface area contributed by atoms with Crippen molar-refractivity contribution < 1.29 is 4.57 Å². The monoisotopic (exact) mass is 351 g/mol. The second-order valence-electron chi connectivity index (χ2n) is 5.97. The summed E-state index contributed by atoms with van der Waals surface area (Å²) in [4.78, 5) is 0. The highest BCUT2D eigenvalue weighted by molar-refractivity contribution is 7.78. The quantitative estimate of drug-likeness (QED) is 0.353. The summed E-state index contributed by atoms with van der Waals surface area (Å²) in [6.45, 7) is 4.52. The molecule has 4 nitrogen and oxygen atoms in total. The van der Waals surface area contributed by atoms with Gasteiger partial charge < -0.3 is 4.57 Å². The molecular formula is C20H22N3OP. The zero-order valence-electron chi connectivity index (χ0n) is 14.2. The Kier molecular flexibility index (Phi) is 5.62. The molecule has 0 atom stereocenters. The van der Waals surface area contributed by atoms with Crippen LogP contribution >= 0.6 is 7.14 Å². The molecular weight excluding hydrogens is 329 g/mol. The zero-order valence-corrected chi connectivity index (χ0v) is 15.1. The van der Waals surface area contributed by atoms with Crippen LogP contribution in [0.4, 0.5) is 0 Å². The molecule has 0 saturated carbocycles. The van der Waals surface area contributed by atoms with E-state index in [1.165, 1.54) is 0 Å². The third kappa shape index (κ3) is 4.15. The molecule has 0 spiro atoms. The molecule has 0 amide bonds. The SMILES string of the molecule is C=CCCCn1cc(CP(=O)(c2ccccc2)c2ccccc2)nn1. The number of hydrogen-bond donors (Lipinski definition) is 0. The van der Waals surface area contributed by atoms with Crippen molar-refractivity contribution in [3.05, 3.63) is 85.2 Å². The van der Waals surface area contributed by atoms with Crippen molar-refractivity contribution in [2.45, 2.75) is 25.5 Å². The molecule has 0 radical (unpaired) electrons. The van der Waals surface area contributed by atoms with Crippen molar-refractivity contribution in [2.75, 3.05) is 0 Å². The van der Waals surface area contributed by atoms with Crippen LogP contribution in [0.5, 0.6) is 0 Å². The number of allylic oxidation sites excluding steroid dienone is 1. The minimum absolute atomic E-state index is 0.377. The van der Waals surface area contributed by atoms with E-state index in [1.54, 1.807) is 0 Å². The normalized spacial score (nSPS) is 11.4. The fourth-order valence-corrected chi connectivity index (χ4v) is 5.39. The average Bonchev–Trinajstić information content (AvgIpc) is 3.10. The molecule has 128 valence electrons. The summed E-state index contributed by atoms with van der Waals surface area (Å²) >= 11 is 0. The van der Waals surface area contributed by atoms with Gasteiger partial charge in [0.1, 0.15) is 7.14 Å². The van der Waals surface area contributed by atoms with Crippen molar-refractivity contribution in [1.29, 1.82) is 0 Å². The van der Waals surface area contributed by atoms with Crippen molar-refractivity contribution in [1.82, 2.24) is 15.0 Å². The van der Waals surface area contributed by atoms with Gasteiger partial charge in [-0.1, -0.05) is 72.0 Å². The maximum absolute atomic E-state index is 14.0. The van der Waals surface area contributed by atoms with E-state index in [2.05, 4.69) is 16.9 Å². The Morgan fingerprint density at radius 2 is 1.60 bits per heavy atom. The highest BCUT2D eigenvalue weighted by Crippen LogP contribution is 2.46. The summed E-state index contributed by atoms with van der Waals surface area (Å²) in [6, 6.07) is 19.3. The van der Waals surface area contributed by atoms with E-state index in [0.29, 0.717) is 6.16 Å². The number of benzene rings is 2. The van der Waals surface area contributed by atoms with Crippen LogP contribution < -0.4 is 10.6 Å². The van der Waals surface area contributed by atoms with Crippen LogP contribution in [0.1, 0.15) is 18.5 Å². The lowest BCUT2D eigenvalue weighted by atomic mass is 10.3. The lowest BCUT2D eigenvalue weighted by Gasteiger charge is -2.18. The Morgan fingerprint density at radius 1 is 1.00 bits per heavy atom. The third-order valence-electron chi connectivity index (χ3n) is 4.11. The minimum atomic E-state index is -2.80.